The van der Waals surface area contributed by atoms with Gasteiger partial charge in [-0.25, -0.2) is 0 Å². The van der Waals surface area contributed by atoms with Crippen LogP contribution in [-0.4, -0.2) is 58.0 Å². The molecule has 7 nitrogen and oxygen atoms in total. The Bertz CT molecular complexity index is 1120. The fraction of sp³-hybridized carbons (Fsp3) is 0.385. The Morgan fingerprint density at radius 1 is 0.788 bits per heavy atom. The Morgan fingerprint density at radius 2 is 1.33 bits per heavy atom. The van der Waals surface area contributed by atoms with Crippen molar-refractivity contribution in [2.24, 2.45) is 5.92 Å². The van der Waals surface area contributed by atoms with Crippen molar-refractivity contribution >= 4 is 11.8 Å². The van der Waals surface area contributed by atoms with Gasteiger partial charge in [0, 0.05) is 48.8 Å². The minimum Gasteiger partial charge on any atom is -0.416 e. The van der Waals surface area contributed by atoms with E-state index in [1.807, 2.05) is 53.1 Å². The van der Waals surface area contributed by atoms with Crippen LogP contribution < -0.4 is 0 Å². The third kappa shape index (κ3) is 4.53. The van der Waals surface area contributed by atoms with E-state index in [2.05, 4.69) is 10.2 Å². The maximum atomic E-state index is 13.0. The van der Waals surface area contributed by atoms with Gasteiger partial charge in [-0.1, -0.05) is 17.7 Å². The largest absolute Gasteiger partial charge is 0.416 e. The molecule has 0 unspecified atom stereocenters. The summed E-state index contributed by atoms with van der Waals surface area (Å²) in [4.78, 5) is 29.4. The number of aromatic nitrogens is 2. The normalized spacial score (nSPS) is 16.9. The molecule has 2 saturated heterocycles. The fourth-order valence-electron chi connectivity index (χ4n) is 4.62. The van der Waals surface area contributed by atoms with Gasteiger partial charge >= 0.3 is 0 Å². The summed E-state index contributed by atoms with van der Waals surface area (Å²) in [6.45, 7) is 5.04. The molecule has 5 rings (SSSR count). The average molecular weight is 445 g/mol. The molecule has 0 saturated carbocycles. The number of carbonyl (C=O) groups excluding carboxylic acids is 2. The standard InChI is InChI=1S/C26H28N4O3/c1-18-4-6-19(7-5-18)23-27-28-24(33-23)20-8-10-21(11-9-20)25(31)30-16-12-22(13-17-30)26(32)29-14-2-3-15-29/h4-11,22H,2-3,12-17H2,1H3. The van der Waals surface area contributed by atoms with Crippen LogP contribution >= 0.6 is 0 Å². The van der Waals surface area contributed by atoms with E-state index < -0.39 is 0 Å². The Morgan fingerprint density at radius 3 is 1.91 bits per heavy atom. The summed E-state index contributed by atoms with van der Waals surface area (Å²) < 4.78 is 5.84. The minimum absolute atomic E-state index is 0.000468. The van der Waals surface area contributed by atoms with E-state index in [4.69, 9.17) is 4.42 Å². The lowest BCUT2D eigenvalue weighted by Crippen LogP contribution is -2.43. The highest BCUT2D eigenvalue weighted by molar-refractivity contribution is 5.94. The zero-order valence-electron chi connectivity index (χ0n) is 18.9. The number of rotatable bonds is 4. The molecule has 3 aromatic rings. The van der Waals surface area contributed by atoms with Crippen LogP contribution in [0.25, 0.3) is 22.9 Å². The molecule has 2 aliphatic heterocycles. The van der Waals surface area contributed by atoms with Crippen LogP contribution in [0.15, 0.2) is 52.9 Å². The van der Waals surface area contributed by atoms with Crippen molar-refractivity contribution in [2.75, 3.05) is 26.2 Å². The average Bonchev–Trinajstić information content (AvgIpc) is 3.57. The van der Waals surface area contributed by atoms with E-state index in [0.717, 1.165) is 49.9 Å². The first-order valence-electron chi connectivity index (χ1n) is 11.7. The number of nitrogens with zero attached hydrogens (tertiary/aromatic N) is 4. The van der Waals surface area contributed by atoms with Crippen molar-refractivity contribution in [3.63, 3.8) is 0 Å². The number of piperidine rings is 1. The Balaban J connectivity index is 1.21. The van der Waals surface area contributed by atoms with E-state index in [0.29, 0.717) is 30.4 Å². The highest BCUT2D eigenvalue weighted by atomic mass is 16.4. The molecule has 0 radical (unpaired) electrons. The van der Waals surface area contributed by atoms with Gasteiger partial charge in [-0.15, -0.1) is 10.2 Å². The predicted octanol–water partition coefficient (Wildman–Crippen LogP) is 4.19. The first kappa shape index (κ1) is 21.4. The van der Waals surface area contributed by atoms with Crippen LogP contribution in [0.5, 0.6) is 0 Å². The molecule has 2 amide bonds. The van der Waals surface area contributed by atoms with E-state index in [1.54, 1.807) is 12.1 Å². The smallest absolute Gasteiger partial charge is 0.253 e. The van der Waals surface area contributed by atoms with Crippen molar-refractivity contribution < 1.29 is 14.0 Å². The third-order valence-corrected chi connectivity index (χ3v) is 6.65. The summed E-state index contributed by atoms with van der Waals surface area (Å²) >= 11 is 0. The van der Waals surface area contributed by atoms with E-state index in [1.165, 1.54) is 5.56 Å². The molecule has 2 aromatic carbocycles. The molecule has 170 valence electrons. The predicted molar refractivity (Wildman–Crippen MR) is 124 cm³/mol. The molecule has 0 spiro atoms. The molecule has 0 atom stereocenters. The van der Waals surface area contributed by atoms with Gasteiger partial charge in [0.25, 0.3) is 5.91 Å². The maximum Gasteiger partial charge on any atom is 0.253 e. The van der Waals surface area contributed by atoms with Gasteiger partial charge in [0.2, 0.25) is 17.7 Å². The van der Waals surface area contributed by atoms with Crippen LogP contribution in [0.1, 0.15) is 41.6 Å². The SMILES string of the molecule is Cc1ccc(-c2nnc(-c3ccc(C(=O)N4CCC(C(=O)N5CCCC5)CC4)cc3)o2)cc1. The second-order valence-corrected chi connectivity index (χ2v) is 8.95. The van der Waals surface area contributed by atoms with Crippen molar-refractivity contribution in [1.29, 1.82) is 0 Å². The molecule has 33 heavy (non-hydrogen) atoms. The molecular formula is C26H28N4O3. The van der Waals surface area contributed by atoms with Crippen LogP contribution in [0.4, 0.5) is 0 Å². The van der Waals surface area contributed by atoms with Gasteiger partial charge in [0.05, 0.1) is 0 Å². The number of carbonyl (C=O) groups is 2. The number of amides is 2. The molecule has 0 aliphatic carbocycles. The van der Waals surface area contributed by atoms with Crippen molar-refractivity contribution in [1.82, 2.24) is 20.0 Å². The number of aryl methyl sites for hydroxylation is 1. The van der Waals surface area contributed by atoms with E-state index in [9.17, 15) is 9.59 Å². The topological polar surface area (TPSA) is 79.5 Å². The number of hydrogen-bond donors (Lipinski definition) is 0. The number of likely N-dealkylation sites (tertiary alicyclic amines) is 2. The van der Waals surface area contributed by atoms with Gasteiger partial charge in [-0.2, -0.15) is 0 Å². The molecule has 2 fully saturated rings. The summed E-state index contributed by atoms with van der Waals surface area (Å²) in [5.41, 5.74) is 3.44. The highest BCUT2D eigenvalue weighted by Gasteiger charge is 2.31. The molecule has 7 heteroatoms. The summed E-state index contributed by atoms with van der Waals surface area (Å²) in [6.07, 6.45) is 3.69. The van der Waals surface area contributed by atoms with Gasteiger partial charge in [-0.3, -0.25) is 9.59 Å². The van der Waals surface area contributed by atoms with Crippen LogP contribution in [0.2, 0.25) is 0 Å². The van der Waals surface area contributed by atoms with Gasteiger partial charge in [-0.05, 0) is 69.0 Å². The summed E-state index contributed by atoms with van der Waals surface area (Å²) in [5, 5.41) is 8.31. The van der Waals surface area contributed by atoms with Gasteiger partial charge in [0.15, 0.2) is 0 Å². The lowest BCUT2D eigenvalue weighted by molar-refractivity contribution is -0.135. The Hall–Kier alpha value is -3.48. The molecular weight excluding hydrogens is 416 g/mol. The number of hydrogen-bond acceptors (Lipinski definition) is 5. The van der Waals surface area contributed by atoms with Crippen LogP contribution in [0, 0.1) is 12.8 Å². The van der Waals surface area contributed by atoms with Crippen molar-refractivity contribution in [2.45, 2.75) is 32.6 Å². The zero-order valence-corrected chi connectivity index (χ0v) is 18.9. The molecule has 2 aliphatic rings. The first-order chi connectivity index (χ1) is 16.1. The number of benzene rings is 2. The van der Waals surface area contributed by atoms with Crippen molar-refractivity contribution in [3.8, 4) is 22.9 Å². The quantitative estimate of drug-likeness (QED) is 0.603. The van der Waals surface area contributed by atoms with Gasteiger partial charge in [0.1, 0.15) is 0 Å². The van der Waals surface area contributed by atoms with Crippen LogP contribution in [-0.2, 0) is 4.79 Å². The maximum absolute atomic E-state index is 13.0. The Labute approximate surface area is 193 Å². The monoisotopic (exact) mass is 444 g/mol. The van der Waals surface area contributed by atoms with Crippen molar-refractivity contribution in [3.05, 3.63) is 59.7 Å². The van der Waals surface area contributed by atoms with Crippen LogP contribution in [0.3, 0.4) is 0 Å². The second kappa shape index (κ2) is 9.17. The third-order valence-electron chi connectivity index (χ3n) is 6.65. The first-order valence-corrected chi connectivity index (χ1v) is 11.7. The van der Waals surface area contributed by atoms with E-state index >= 15 is 0 Å². The zero-order chi connectivity index (χ0) is 22.8. The molecule has 0 N–H and O–H groups in total. The minimum atomic E-state index is -0.000468. The molecule has 1 aromatic heterocycles. The molecule has 3 heterocycles. The summed E-state index contributed by atoms with van der Waals surface area (Å²) in [6, 6.07) is 15.2. The summed E-state index contributed by atoms with van der Waals surface area (Å²) in [5.74, 6) is 1.21. The fourth-order valence-corrected chi connectivity index (χ4v) is 4.62. The molecule has 0 bridgehead atoms. The second-order valence-electron chi connectivity index (χ2n) is 8.95. The van der Waals surface area contributed by atoms with Gasteiger partial charge < -0.3 is 14.2 Å². The van der Waals surface area contributed by atoms with E-state index in [-0.39, 0.29) is 17.7 Å². The lowest BCUT2D eigenvalue weighted by atomic mass is 9.95. The summed E-state index contributed by atoms with van der Waals surface area (Å²) in [7, 11) is 0. The lowest BCUT2D eigenvalue weighted by Gasteiger charge is -2.33. The highest BCUT2D eigenvalue weighted by Crippen LogP contribution is 2.26. The Kier molecular flexibility index (Phi) is 5.94.